The van der Waals surface area contributed by atoms with Crippen molar-refractivity contribution in [3.63, 3.8) is 0 Å². The first-order valence-electron chi connectivity index (χ1n) is 6.87. The first kappa shape index (κ1) is 16.1. The number of hydrogen-bond donors (Lipinski definition) is 2. The summed E-state index contributed by atoms with van der Waals surface area (Å²) in [6, 6.07) is 3.19. The number of hydrogen-bond acceptors (Lipinski definition) is 4. The minimum absolute atomic E-state index is 0.236. The molecule has 0 unspecified atom stereocenters. The minimum Gasteiger partial charge on any atom is -0.475 e. The molecule has 7 nitrogen and oxygen atoms in total. The van der Waals surface area contributed by atoms with Gasteiger partial charge in [0.15, 0.2) is 0 Å². The number of urea groups is 1. The molecule has 0 aliphatic rings. The van der Waals surface area contributed by atoms with E-state index in [1.54, 1.807) is 29.2 Å². The summed E-state index contributed by atoms with van der Waals surface area (Å²) in [7, 11) is 1.86. The van der Waals surface area contributed by atoms with Crippen molar-refractivity contribution in [2.45, 2.75) is 6.42 Å². The van der Waals surface area contributed by atoms with Gasteiger partial charge < -0.3 is 15.4 Å². The Labute approximate surface area is 133 Å². The summed E-state index contributed by atoms with van der Waals surface area (Å²) in [6.07, 6.45) is 6.04. The Morgan fingerprint density at radius 3 is 2.95 bits per heavy atom. The maximum absolute atomic E-state index is 11.6. The summed E-state index contributed by atoms with van der Waals surface area (Å²) in [5, 5.41) is 9.98. The topological polar surface area (TPSA) is 81.1 Å². The molecular formula is C14H18ClN5O2. The number of ether oxygens (including phenoxy) is 1. The molecule has 0 aromatic carbocycles. The number of carbonyl (C=O) groups excluding carboxylic acids is 1. The van der Waals surface area contributed by atoms with Crippen LogP contribution < -0.4 is 15.4 Å². The van der Waals surface area contributed by atoms with Gasteiger partial charge in [-0.05, 0) is 24.1 Å². The van der Waals surface area contributed by atoms with Gasteiger partial charge in [-0.25, -0.2) is 9.78 Å². The normalized spacial score (nSPS) is 10.3. The van der Waals surface area contributed by atoms with Crippen molar-refractivity contribution in [3.8, 4) is 5.88 Å². The van der Waals surface area contributed by atoms with Gasteiger partial charge in [0.2, 0.25) is 5.88 Å². The smallest absolute Gasteiger partial charge is 0.314 e. The number of carbonyl (C=O) groups is 1. The second kappa shape index (κ2) is 8.23. The lowest BCUT2D eigenvalue weighted by Crippen LogP contribution is -2.38. The van der Waals surface area contributed by atoms with Crippen molar-refractivity contribution in [2.24, 2.45) is 7.05 Å². The molecule has 0 aliphatic carbocycles. The Kier molecular flexibility index (Phi) is 6.02. The van der Waals surface area contributed by atoms with E-state index < -0.39 is 0 Å². The van der Waals surface area contributed by atoms with Crippen molar-refractivity contribution in [1.29, 1.82) is 0 Å². The monoisotopic (exact) mass is 323 g/mol. The molecule has 0 radical (unpaired) electrons. The van der Waals surface area contributed by atoms with Crippen molar-refractivity contribution >= 4 is 17.6 Å². The Morgan fingerprint density at radius 1 is 1.41 bits per heavy atom. The van der Waals surface area contributed by atoms with E-state index in [2.05, 4.69) is 20.7 Å². The van der Waals surface area contributed by atoms with Crippen molar-refractivity contribution in [2.75, 3.05) is 19.7 Å². The number of halogens is 1. The Bertz CT molecular complexity index is 617. The molecule has 22 heavy (non-hydrogen) atoms. The van der Waals surface area contributed by atoms with Crippen LogP contribution in [0.5, 0.6) is 5.88 Å². The molecule has 0 spiro atoms. The van der Waals surface area contributed by atoms with Gasteiger partial charge in [-0.15, -0.1) is 0 Å². The Morgan fingerprint density at radius 2 is 2.23 bits per heavy atom. The fraction of sp³-hybridized carbons (Fsp3) is 0.357. The number of nitrogens with zero attached hydrogens (tertiary/aromatic N) is 3. The number of nitrogens with one attached hydrogen (secondary N) is 2. The Balaban J connectivity index is 1.57. The van der Waals surface area contributed by atoms with E-state index in [1.807, 2.05) is 13.2 Å². The fourth-order valence-electron chi connectivity index (χ4n) is 1.77. The van der Waals surface area contributed by atoms with Gasteiger partial charge in [-0.1, -0.05) is 11.6 Å². The van der Waals surface area contributed by atoms with Gasteiger partial charge in [-0.3, -0.25) is 4.68 Å². The summed E-state index contributed by atoms with van der Waals surface area (Å²) >= 11 is 5.90. The molecule has 2 N–H and O–H groups in total. The predicted molar refractivity (Wildman–Crippen MR) is 83.1 cm³/mol. The zero-order valence-electron chi connectivity index (χ0n) is 12.3. The molecule has 2 aromatic rings. The highest BCUT2D eigenvalue weighted by Crippen LogP contribution is 2.19. The number of aromatic nitrogens is 3. The van der Waals surface area contributed by atoms with E-state index in [9.17, 15) is 4.79 Å². The number of aryl methyl sites for hydroxylation is 1. The maximum atomic E-state index is 11.6. The molecular weight excluding hydrogens is 306 g/mol. The predicted octanol–water partition coefficient (Wildman–Crippen LogP) is 1.39. The molecule has 0 saturated heterocycles. The zero-order chi connectivity index (χ0) is 15.8. The van der Waals surface area contributed by atoms with Gasteiger partial charge in [0.25, 0.3) is 0 Å². The van der Waals surface area contributed by atoms with E-state index in [1.165, 1.54) is 0 Å². The second-order valence-corrected chi connectivity index (χ2v) is 5.00. The fourth-order valence-corrected chi connectivity index (χ4v) is 1.95. The van der Waals surface area contributed by atoms with Crippen LogP contribution in [-0.2, 0) is 13.5 Å². The third-order valence-electron chi connectivity index (χ3n) is 2.81. The summed E-state index contributed by atoms with van der Waals surface area (Å²) in [4.78, 5) is 15.6. The molecule has 0 saturated carbocycles. The third-order valence-corrected chi connectivity index (χ3v) is 3.10. The summed E-state index contributed by atoms with van der Waals surface area (Å²) in [5.41, 5.74) is 1.08. The highest BCUT2D eigenvalue weighted by atomic mass is 35.5. The van der Waals surface area contributed by atoms with Crippen LogP contribution in [0.25, 0.3) is 0 Å². The maximum Gasteiger partial charge on any atom is 0.314 e. The van der Waals surface area contributed by atoms with Crippen LogP contribution in [0.2, 0.25) is 5.02 Å². The lowest BCUT2D eigenvalue weighted by Gasteiger charge is -2.08. The van der Waals surface area contributed by atoms with Gasteiger partial charge >= 0.3 is 6.03 Å². The molecule has 2 aromatic heterocycles. The van der Waals surface area contributed by atoms with Gasteiger partial charge in [0, 0.05) is 26.0 Å². The first-order chi connectivity index (χ1) is 10.6. The Hall–Kier alpha value is -2.28. The number of pyridine rings is 1. The molecule has 0 aliphatic heterocycles. The van der Waals surface area contributed by atoms with Crippen LogP contribution in [0.3, 0.4) is 0 Å². The van der Waals surface area contributed by atoms with Crippen molar-refractivity contribution < 1.29 is 9.53 Å². The second-order valence-electron chi connectivity index (χ2n) is 4.59. The SMILES string of the molecule is Cn1cc(CCNC(=O)NCCOc2ncccc2Cl)cn1. The van der Waals surface area contributed by atoms with Crippen molar-refractivity contribution in [3.05, 3.63) is 41.3 Å². The van der Waals surface area contributed by atoms with Gasteiger partial charge in [0.1, 0.15) is 11.6 Å². The zero-order valence-corrected chi connectivity index (χ0v) is 13.0. The lowest BCUT2D eigenvalue weighted by molar-refractivity contribution is 0.236. The van der Waals surface area contributed by atoms with Crippen LogP contribution >= 0.6 is 11.6 Å². The van der Waals surface area contributed by atoms with Gasteiger partial charge in [-0.2, -0.15) is 5.10 Å². The van der Waals surface area contributed by atoms with Crippen LogP contribution in [0.1, 0.15) is 5.56 Å². The average Bonchev–Trinajstić information content (AvgIpc) is 2.91. The molecule has 0 fully saturated rings. The van der Waals surface area contributed by atoms with E-state index in [0.717, 1.165) is 12.0 Å². The van der Waals surface area contributed by atoms with E-state index in [4.69, 9.17) is 16.3 Å². The van der Waals surface area contributed by atoms with E-state index >= 15 is 0 Å². The quantitative estimate of drug-likeness (QED) is 0.754. The average molecular weight is 324 g/mol. The highest BCUT2D eigenvalue weighted by molar-refractivity contribution is 6.31. The largest absolute Gasteiger partial charge is 0.475 e. The molecule has 2 heterocycles. The van der Waals surface area contributed by atoms with Crippen LogP contribution in [0.15, 0.2) is 30.7 Å². The summed E-state index contributed by atoms with van der Waals surface area (Å²) in [6.45, 7) is 1.21. The van der Waals surface area contributed by atoms with Crippen LogP contribution in [0.4, 0.5) is 4.79 Å². The standard InChI is InChI=1S/C14H18ClN5O2/c1-20-10-11(9-19-20)4-6-17-14(21)18-7-8-22-13-12(15)3-2-5-16-13/h2-3,5,9-10H,4,6-8H2,1H3,(H2,17,18,21). The third kappa shape index (κ3) is 5.25. The molecule has 0 atom stereocenters. The van der Waals surface area contributed by atoms with E-state index in [-0.39, 0.29) is 6.03 Å². The molecule has 2 amide bonds. The molecule has 8 heteroatoms. The van der Waals surface area contributed by atoms with Crippen LogP contribution in [-0.4, -0.2) is 40.5 Å². The lowest BCUT2D eigenvalue weighted by atomic mass is 10.2. The van der Waals surface area contributed by atoms with Crippen LogP contribution in [0, 0.1) is 0 Å². The molecule has 2 rings (SSSR count). The number of rotatable bonds is 7. The molecule has 118 valence electrons. The van der Waals surface area contributed by atoms with Crippen molar-refractivity contribution in [1.82, 2.24) is 25.4 Å². The first-order valence-corrected chi connectivity index (χ1v) is 7.25. The summed E-state index contributed by atoms with van der Waals surface area (Å²) in [5.74, 6) is 0.364. The van der Waals surface area contributed by atoms with Gasteiger partial charge in [0.05, 0.1) is 12.7 Å². The minimum atomic E-state index is -0.236. The van der Waals surface area contributed by atoms with E-state index in [0.29, 0.717) is 30.6 Å². The molecule has 0 bridgehead atoms. The highest BCUT2D eigenvalue weighted by Gasteiger charge is 2.03. The number of amides is 2. The summed E-state index contributed by atoms with van der Waals surface area (Å²) < 4.78 is 7.10.